The highest BCUT2D eigenvalue weighted by molar-refractivity contribution is 5.38. The third-order valence-corrected chi connectivity index (χ3v) is 2.86. The fraction of sp³-hybridized carbons (Fsp3) is 0.667. The minimum atomic E-state index is 0.495. The van der Waals surface area contributed by atoms with Crippen molar-refractivity contribution in [2.75, 3.05) is 25.0 Å². The molecule has 2 rings (SSSR count). The Morgan fingerprint density at radius 3 is 3.24 bits per heavy atom. The van der Waals surface area contributed by atoms with Crippen LogP contribution in [0, 0.1) is 0 Å². The molecule has 0 aliphatic carbocycles. The van der Waals surface area contributed by atoms with Gasteiger partial charge in [0.15, 0.2) is 0 Å². The van der Waals surface area contributed by atoms with Gasteiger partial charge in [0.2, 0.25) is 5.88 Å². The van der Waals surface area contributed by atoms with Gasteiger partial charge in [-0.15, -0.1) is 0 Å². The molecule has 0 amide bonds. The van der Waals surface area contributed by atoms with Gasteiger partial charge in [-0.3, -0.25) is 0 Å². The molecule has 94 valence electrons. The molecule has 1 aromatic heterocycles. The molecule has 2 N–H and O–H groups in total. The van der Waals surface area contributed by atoms with E-state index in [1.54, 1.807) is 6.33 Å². The Morgan fingerprint density at radius 2 is 2.35 bits per heavy atom. The fourth-order valence-electron chi connectivity index (χ4n) is 2.02. The Morgan fingerprint density at radius 1 is 1.41 bits per heavy atom. The SMILES string of the molecule is CCOc1cc(NC2CCCNCC2)ncn1. The Balaban J connectivity index is 1.94. The van der Waals surface area contributed by atoms with Crippen LogP contribution in [0.1, 0.15) is 26.2 Å². The zero-order chi connectivity index (χ0) is 11.9. The first kappa shape index (κ1) is 12.1. The zero-order valence-corrected chi connectivity index (χ0v) is 10.3. The molecule has 0 radical (unpaired) electrons. The van der Waals surface area contributed by atoms with Crippen LogP contribution in [0.4, 0.5) is 5.82 Å². The Labute approximate surface area is 102 Å². The molecule has 2 heterocycles. The summed E-state index contributed by atoms with van der Waals surface area (Å²) in [7, 11) is 0. The molecule has 1 saturated heterocycles. The first-order chi connectivity index (χ1) is 8.38. The Kier molecular flexibility index (Phi) is 4.55. The molecule has 0 aromatic carbocycles. The van der Waals surface area contributed by atoms with Crippen molar-refractivity contribution in [2.45, 2.75) is 32.2 Å². The lowest BCUT2D eigenvalue weighted by Crippen LogP contribution is -2.22. The highest BCUT2D eigenvalue weighted by Gasteiger charge is 2.12. The first-order valence-corrected chi connectivity index (χ1v) is 6.30. The molecule has 1 unspecified atom stereocenters. The van der Waals surface area contributed by atoms with E-state index in [0.29, 0.717) is 18.5 Å². The quantitative estimate of drug-likeness (QED) is 0.828. The van der Waals surface area contributed by atoms with Crippen molar-refractivity contribution in [1.29, 1.82) is 0 Å². The molecule has 0 saturated carbocycles. The standard InChI is InChI=1S/C12H20N4O/c1-2-17-12-8-11(14-9-15-12)16-10-4-3-6-13-7-5-10/h8-10,13H,2-7H2,1H3,(H,14,15,16). The van der Waals surface area contributed by atoms with Crippen LogP contribution in [-0.4, -0.2) is 35.7 Å². The monoisotopic (exact) mass is 236 g/mol. The number of rotatable bonds is 4. The predicted octanol–water partition coefficient (Wildman–Crippen LogP) is 1.43. The third kappa shape index (κ3) is 3.85. The lowest BCUT2D eigenvalue weighted by molar-refractivity contribution is 0.326. The number of nitrogens with zero attached hydrogens (tertiary/aromatic N) is 2. The van der Waals surface area contributed by atoms with E-state index in [1.165, 1.54) is 12.8 Å². The molecule has 1 aliphatic rings. The van der Waals surface area contributed by atoms with Crippen LogP contribution in [0.5, 0.6) is 5.88 Å². The van der Waals surface area contributed by atoms with Gasteiger partial charge in [-0.1, -0.05) is 0 Å². The molecule has 0 bridgehead atoms. The third-order valence-electron chi connectivity index (χ3n) is 2.86. The lowest BCUT2D eigenvalue weighted by Gasteiger charge is -2.16. The van der Waals surface area contributed by atoms with Crippen molar-refractivity contribution < 1.29 is 4.74 Å². The van der Waals surface area contributed by atoms with E-state index in [0.717, 1.165) is 25.3 Å². The smallest absolute Gasteiger partial charge is 0.218 e. The highest BCUT2D eigenvalue weighted by Crippen LogP contribution is 2.15. The number of aromatic nitrogens is 2. The maximum absolute atomic E-state index is 5.36. The zero-order valence-electron chi connectivity index (χ0n) is 10.3. The van der Waals surface area contributed by atoms with Crippen molar-refractivity contribution >= 4 is 5.82 Å². The molecule has 1 aliphatic heterocycles. The molecule has 5 heteroatoms. The van der Waals surface area contributed by atoms with Crippen LogP contribution in [0.2, 0.25) is 0 Å². The van der Waals surface area contributed by atoms with E-state index in [4.69, 9.17) is 4.74 Å². The van der Waals surface area contributed by atoms with Crippen molar-refractivity contribution in [3.63, 3.8) is 0 Å². The summed E-state index contributed by atoms with van der Waals surface area (Å²) >= 11 is 0. The molecule has 17 heavy (non-hydrogen) atoms. The van der Waals surface area contributed by atoms with Crippen LogP contribution < -0.4 is 15.4 Å². The van der Waals surface area contributed by atoms with Crippen molar-refractivity contribution in [3.05, 3.63) is 12.4 Å². The molecular formula is C12H20N4O. The Bertz CT molecular complexity index is 337. The van der Waals surface area contributed by atoms with Gasteiger partial charge in [-0.2, -0.15) is 0 Å². The second-order valence-electron chi connectivity index (χ2n) is 4.20. The molecule has 1 atom stereocenters. The summed E-state index contributed by atoms with van der Waals surface area (Å²) in [5.41, 5.74) is 0. The highest BCUT2D eigenvalue weighted by atomic mass is 16.5. The van der Waals surface area contributed by atoms with Crippen LogP contribution in [0.25, 0.3) is 0 Å². The Hall–Kier alpha value is -1.36. The van der Waals surface area contributed by atoms with Crippen LogP contribution in [0.15, 0.2) is 12.4 Å². The maximum Gasteiger partial charge on any atom is 0.218 e. The average molecular weight is 236 g/mol. The van der Waals surface area contributed by atoms with E-state index in [1.807, 2.05) is 13.0 Å². The number of nitrogens with one attached hydrogen (secondary N) is 2. The molecule has 5 nitrogen and oxygen atoms in total. The summed E-state index contributed by atoms with van der Waals surface area (Å²) in [5.74, 6) is 1.49. The van der Waals surface area contributed by atoms with Crippen LogP contribution in [-0.2, 0) is 0 Å². The number of ether oxygens (including phenoxy) is 1. The van der Waals surface area contributed by atoms with E-state index in [9.17, 15) is 0 Å². The summed E-state index contributed by atoms with van der Waals surface area (Å²) in [4.78, 5) is 8.28. The van der Waals surface area contributed by atoms with E-state index in [-0.39, 0.29) is 0 Å². The summed E-state index contributed by atoms with van der Waals surface area (Å²) < 4.78 is 5.36. The molecule has 1 fully saturated rings. The summed E-state index contributed by atoms with van der Waals surface area (Å²) in [6, 6.07) is 2.36. The second-order valence-corrected chi connectivity index (χ2v) is 4.20. The number of anilines is 1. The topological polar surface area (TPSA) is 59.1 Å². The van der Waals surface area contributed by atoms with E-state index < -0.39 is 0 Å². The summed E-state index contributed by atoms with van der Waals surface area (Å²) in [6.07, 6.45) is 5.07. The molecule has 0 spiro atoms. The van der Waals surface area contributed by atoms with Gasteiger partial charge in [-0.05, 0) is 39.3 Å². The fourth-order valence-corrected chi connectivity index (χ4v) is 2.02. The summed E-state index contributed by atoms with van der Waals surface area (Å²) in [5, 5.41) is 6.85. The summed E-state index contributed by atoms with van der Waals surface area (Å²) in [6.45, 7) is 4.77. The van der Waals surface area contributed by atoms with E-state index in [2.05, 4.69) is 20.6 Å². The van der Waals surface area contributed by atoms with Gasteiger partial charge in [0, 0.05) is 12.1 Å². The normalized spacial score (nSPS) is 20.6. The van der Waals surface area contributed by atoms with Crippen LogP contribution in [0.3, 0.4) is 0 Å². The van der Waals surface area contributed by atoms with Gasteiger partial charge in [0.25, 0.3) is 0 Å². The van der Waals surface area contributed by atoms with Crippen molar-refractivity contribution in [2.24, 2.45) is 0 Å². The first-order valence-electron chi connectivity index (χ1n) is 6.30. The van der Waals surface area contributed by atoms with Crippen molar-refractivity contribution in [1.82, 2.24) is 15.3 Å². The van der Waals surface area contributed by atoms with Crippen LogP contribution >= 0.6 is 0 Å². The van der Waals surface area contributed by atoms with Gasteiger partial charge in [-0.25, -0.2) is 9.97 Å². The minimum absolute atomic E-state index is 0.495. The largest absolute Gasteiger partial charge is 0.478 e. The van der Waals surface area contributed by atoms with E-state index >= 15 is 0 Å². The van der Waals surface area contributed by atoms with Gasteiger partial charge in [0.05, 0.1) is 6.61 Å². The molecule has 1 aromatic rings. The average Bonchev–Trinajstić information content (AvgIpc) is 2.59. The number of hydrogen-bond donors (Lipinski definition) is 2. The van der Waals surface area contributed by atoms with Gasteiger partial charge < -0.3 is 15.4 Å². The second kappa shape index (κ2) is 6.39. The van der Waals surface area contributed by atoms with Crippen molar-refractivity contribution in [3.8, 4) is 5.88 Å². The maximum atomic E-state index is 5.36. The van der Waals surface area contributed by atoms with Gasteiger partial charge in [0.1, 0.15) is 12.1 Å². The number of hydrogen-bond acceptors (Lipinski definition) is 5. The minimum Gasteiger partial charge on any atom is -0.478 e. The lowest BCUT2D eigenvalue weighted by atomic mass is 10.1. The predicted molar refractivity (Wildman–Crippen MR) is 67.3 cm³/mol. The molecular weight excluding hydrogens is 216 g/mol. The van der Waals surface area contributed by atoms with Gasteiger partial charge >= 0.3 is 0 Å².